The zero-order valence-electron chi connectivity index (χ0n) is 7.65. The number of H-pyrrole nitrogens is 1. The van der Waals surface area contributed by atoms with E-state index in [1.54, 1.807) is 11.3 Å². The molecule has 0 aromatic carbocycles. The van der Waals surface area contributed by atoms with Crippen molar-refractivity contribution in [3.8, 4) is 0 Å². The summed E-state index contributed by atoms with van der Waals surface area (Å²) < 4.78 is 31.6. The highest BCUT2D eigenvalue weighted by Crippen LogP contribution is 1.91. The molecule has 0 aliphatic rings. The van der Waals surface area contributed by atoms with Gasteiger partial charge in [-0.3, -0.25) is 9.11 Å². The molecule has 0 fully saturated rings. The molecule has 0 spiro atoms. The van der Waals surface area contributed by atoms with Gasteiger partial charge in [-0.25, -0.2) is 0 Å². The minimum Gasteiger partial charge on any atom is -0.368 e. The van der Waals surface area contributed by atoms with Gasteiger partial charge in [0.15, 0.2) is 0 Å². The molecule has 0 unspecified atom stereocenters. The molecule has 0 aliphatic heterocycles. The molecule has 2 aromatic heterocycles. The molecule has 0 radical (unpaired) electrons. The minimum atomic E-state index is -4.67. The number of rotatable bonds is 0. The van der Waals surface area contributed by atoms with Crippen LogP contribution >= 0.6 is 11.3 Å². The van der Waals surface area contributed by atoms with Crippen LogP contribution in [0.4, 0.5) is 0 Å². The molecule has 2 heterocycles. The zero-order valence-corrected chi connectivity index (χ0v) is 9.28. The fraction of sp³-hybridized carbons (Fsp3) is 0. The highest BCUT2D eigenvalue weighted by molar-refractivity contribution is 7.79. The normalized spacial score (nSPS) is 9.20. The summed E-state index contributed by atoms with van der Waals surface area (Å²) in [6.07, 6.45) is 3.75. The molecule has 0 aliphatic carbocycles. The fourth-order valence-electron chi connectivity index (χ4n) is 0.505. The van der Waals surface area contributed by atoms with Gasteiger partial charge in [0.1, 0.15) is 0 Å². The molecule has 7 heteroatoms. The van der Waals surface area contributed by atoms with Crippen LogP contribution in [-0.4, -0.2) is 22.5 Å². The van der Waals surface area contributed by atoms with E-state index in [9.17, 15) is 0 Å². The highest BCUT2D eigenvalue weighted by atomic mass is 32.3. The summed E-state index contributed by atoms with van der Waals surface area (Å²) >= 11 is 1.71. The summed E-state index contributed by atoms with van der Waals surface area (Å²) in [4.78, 5) is 2.86. The lowest BCUT2D eigenvalue weighted by molar-refractivity contribution is 0.381. The number of hydrogen-bond acceptors (Lipinski definition) is 3. The molecule has 0 atom stereocenters. The first-order chi connectivity index (χ1) is 7.00. The van der Waals surface area contributed by atoms with E-state index in [2.05, 4.69) is 4.98 Å². The van der Waals surface area contributed by atoms with Crippen LogP contribution in [0, 0.1) is 0 Å². The lowest BCUT2D eigenvalue weighted by atomic mass is 10.7. The quantitative estimate of drug-likeness (QED) is 0.624. The van der Waals surface area contributed by atoms with Crippen molar-refractivity contribution in [2.24, 2.45) is 0 Å². The Balaban J connectivity index is 0.000000196. The van der Waals surface area contributed by atoms with Crippen molar-refractivity contribution in [3.63, 3.8) is 0 Å². The van der Waals surface area contributed by atoms with E-state index in [-0.39, 0.29) is 0 Å². The standard InChI is InChI=1S/C4H5N.C4H4S.H2O4S/c2*1-2-4-5-3-1;1-5(2,3)4/h1-5H;1-4H;(H2,1,2,3,4). The number of aromatic nitrogens is 1. The third-order valence-corrected chi connectivity index (χ3v) is 1.55. The van der Waals surface area contributed by atoms with Gasteiger partial charge in [0, 0.05) is 12.4 Å². The Bertz CT molecular complexity index is 325. The molecule has 5 nitrogen and oxygen atoms in total. The Morgan fingerprint density at radius 2 is 1.33 bits per heavy atom. The van der Waals surface area contributed by atoms with Crippen molar-refractivity contribution >= 4 is 21.7 Å². The Morgan fingerprint density at radius 1 is 0.933 bits per heavy atom. The maximum atomic E-state index is 8.74. The monoisotopic (exact) mass is 249 g/mol. The predicted octanol–water partition coefficient (Wildman–Crippen LogP) is 2.11. The summed E-state index contributed by atoms with van der Waals surface area (Å²) in [6, 6.07) is 7.93. The SMILES string of the molecule is O=S(=O)(O)O.c1cc[nH]c1.c1ccsc1. The Morgan fingerprint density at radius 3 is 1.47 bits per heavy atom. The maximum Gasteiger partial charge on any atom is 0.394 e. The van der Waals surface area contributed by atoms with Crippen LogP contribution in [0.2, 0.25) is 0 Å². The van der Waals surface area contributed by atoms with Gasteiger partial charge in [-0.2, -0.15) is 19.8 Å². The van der Waals surface area contributed by atoms with Gasteiger partial charge in [-0.1, -0.05) is 12.1 Å². The summed E-state index contributed by atoms with van der Waals surface area (Å²) in [5.74, 6) is 0. The summed E-state index contributed by atoms with van der Waals surface area (Å²) in [6.45, 7) is 0. The lowest BCUT2D eigenvalue weighted by Crippen LogP contribution is -1.89. The van der Waals surface area contributed by atoms with Gasteiger partial charge in [0.2, 0.25) is 0 Å². The van der Waals surface area contributed by atoms with Crippen molar-refractivity contribution < 1.29 is 17.5 Å². The Kier molecular flexibility index (Phi) is 7.56. The molecule has 0 bridgehead atoms. The smallest absolute Gasteiger partial charge is 0.368 e. The van der Waals surface area contributed by atoms with E-state index in [1.807, 2.05) is 47.4 Å². The van der Waals surface area contributed by atoms with E-state index in [4.69, 9.17) is 17.5 Å². The van der Waals surface area contributed by atoms with E-state index >= 15 is 0 Å². The molecule has 0 amide bonds. The Hall–Kier alpha value is -1.15. The molecular formula is C8H11NO4S2. The van der Waals surface area contributed by atoms with Crippen LogP contribution < -0.4 is 0 Å². The van der Waals surface area contributed by atoms with Crippen molar-refractivity contribution in [1.82, 2.24) is 4.98 Å². The van der Waals surface area contributed by atoms with E-state index in [0.717, 1.165) is 0 Å². The average molecular weight is 249 g/mol. The largest absolute Gasteiger partial charge is 0.394 e. The van der Waals surface area contributed by atoms with Crippen LogP contribution in [0.1, 0.15) is 0 Å². The second kappa shape index (κ2) is 8.18. The van der Waals surface area contributed by atoms with E-state index in [1.165, 1.54) is 0 Å². The first-order valence-corrected chi connectivity index (χ1v) is 6.09. The van der Waals surface area contributed by atoms with Crippen molar-refractivity contribution in [1.29, 1.82) is 0 Å². The van der Waals surface area contributed by atoms with Crippen LogP contribution in [0.3, 0.4) is 0 Å². The van der Waals surface area contributed by atoms with E-state index in [0.29, 0.717) is 0 Å². The molecular weight excluding hydrogens is 238 g/mol. The molecule has 0 saturated heterocycles. The number of thiophene rings is 1. The molecule has 84 valence electrons. The maximum absolute atomic E-state index is 8.74. The highest BCUT2D eigenvalue weighted by Gasteiger charge is 1.84. The molecule has 15 heavy (non-hydrogen) atoms. The van der Waals surface area contributed by atoms with Gasteiger partial charge < -0.3 is 4.98 Å². The minimum absolute atomic E-state index is 1.71. The van der Waals surface area contributed by atoms with Crippen LogP contribution in [0.25, 0.3) is 0 Å². The van der Waals surface area contributed by atoms with Gasteiger partial charge in [-0.15, -0.1) is 0 Å². The third-order valence-electron chi connectivity index (χ3n) is 0.921. The third kappa shape index (κ3) is 19.3. The second-order valence-corrected chi connectivity index (χ2v) is 3.84. The van der Waals surface area contributed by atoms with Crippen molar-refractivity contribution in [3.05, 3.63) is 47.4 Å². The molecule has 2 aromatic rings. The predicted molar refractivity (Wildman–Crippen MR) is 59.3 cm³/mol. The number of nitrogens with one attached hydrogen (secondary N) is 1. The van der Waals surface area contributed by atoms with Crippen LogP contribution in [0.5, 0.6) is 0 Å². The van der Waals surface area contributed by atoms with Gasteiger partial charge in [0.05, 0.1) is 0 Å². The fourth-order valence-corrected chi connectivity index (χ4v) is 0.958. The summed E-state index contributed by atoms with van der Waals surface area (Å²) in [5.41, 5.74) is 0. The summed E-state index contributed by atoms with van der Waals surface area (Å²) in [5, 5.41) is 4.08. The molecule has 2 rings (SSSR count). The lowest BCUT2D eigenvalue weighted by Gasteiger charge is -1.68. The Labute approximate surface area is 92.0 Å². The van der Waals surface area contributed by atoms with Crippen molar-refractivity contribution in [2.45, 2.75) is 0 Å². The number of hydrogen-bond donors (Lipinski definition) is 3. The first kappa shape index (κ1) is 13.8. The van der Waals surface area contributed by atoms with Gasteiger partial charge >= 0.3 is 10.4 Å². The van der Waals surface area contributed by atoms with Gasteiger partial charge in [0.25, 0.3) is 0 Å². The molecule has 3 N–H and O–H groups in total. The van der Waals surface area contributed by atoms with Crippen molar-refractivity contribution in [2.75, 3.05) is 0 Å². The average Bonchev–Trinajstić information content (AvgIpc) is 2.81. The second-order valence-electron chi connectivity index (χ2n) is 2.13. The first-order valence-electron chi connectivity index (χ1n) is 3.75. The number of aromatic amines is 1. The van der Waals surface area contributed by atoms with Gasteiger partial charge in [-0.05, 0) is 22.9 Å². The van der Waals surface area contributed by atoms with E-state index < -0.39 is 10.4 Å². The topological polar surface area (TPSA) is 90.4 Å². The summed E-state index contributed by atoms with van der Waals surface area (Å²) in [7, 11) is -4.67. The zero-order chi connectivity index (χ0) is 11.6. The van der Waals surface area contributed by atoms with Crippen LogP contribution in [-0.2, 0) is 10.4 Å². The van der Waals surface area contributed by atoms with Crippen LogP contribution in [0.15, 0.2) is 47.4 Å². The molecule has 0 saturated carbocycles.